The molecule has 0 aliphatic carbocycles. The first-order valence-corrected chi connectivity index (χ1v) is 8.31. The SMILES string of the molecule is Cc1ccc(-c2cc(C(=O)N=Nc3c(O)[nH]c4ccccc34)n[nH]2)s1. The van der Waals surface area contributed by atoms with E-state index in [2.05, 4.69) is 25.4 Å². The Balaban J connectivity index is 1.60. The van der Waals surface area contributed by atoms with E-state index in [1.165, 1.54) is 4.88 Å². The molecule has 8 heteroatoms. The summed E-state index contributed by atoms with van der Waals surface area (Å²) >= 11 is 1.61. The molecule has 124 valence electrons. The monoisotopic (exact) mass is 351 g/mol. The molecule has 1 amide bonds. The van der Waals surface area contributed by atoms with Crippen LogP contribution in [0.4, 0.5) is 5.69 Å². The molecular formula is C17H13N5O2S. The minimum Gasteiger partial charge on any atom is -0.493 e. The molecule has 0 radical (unpaired) electrons. The number of para-hydroxylation sites is 1. The maximum atomic E-state index is 12.2. The van der Waals surface area contributed by atoms with Gasteiger partial charge in [0.25, 0.3) is 0 Å². The van der Waals surface area contributed by atoms with Crippen molar-refractivity contribution in [3.63, 3.8) is 0 Å². The molecule has 0 spiro atoms. The van der Waals surface area contributed by atoms with Crippen molar-refractivity contribution < 1.29 is 9.90 Å². The van der Waals surface area contributed by atoms with E-state index in [0.29, 0.717) is 5.39 Å². The third-order valence-corrected chi connectivity index (χ3v) is 4.74. The third-order valence-electron chi connectivity index (χ3n) is 3.70. The third kappa shape index (κ3) is 2.83. The number of nitrogens with zero attached hydrogens (tertiary/aromatic N) is 3. The van der Waals surface area contributed by atoms with Crippen LogP contribution in [-0.2, 0) is 0 Å². The molecule has 4 rings (SSSR count). The molecule has 3 N–H and O–H groups in total. The predicted octanol–water partition coefficient (Wildman–Crippen LogP) is 4.56. The van der Waals surface area contributed by atoms with Crippen LogP contribution in [0.1, 0.15) is 15.4 Å². The van der Waals surface area contributed by atoms with Crippen molar-refractivity contribution in [3.05, 3.63) is 53.0 Å². The minimum atomic E-state index is -0.583. The molecule has 0 atom stereocenters. The first-order chi connectivity index (χ1) is 12.1. The number of rotatable bonds is 3. The number of H-pyrrole nitrogens is 2. The highest BCUT2D eigenvalue weighted by atomic mass is 32.1. The van der Waals surface area contributed by atoms with Crippen LogP contribution in [0.15, 0.2) is 52.7 Å². The molecule has 0 bridgehead atoms. The normalized spacial score (nSPS) is 11.6. The maximum Gasteiger partial charge on any atom is 0.315 e. The van der Waals surface area contributed by atoms with Gasteiger partial charge >= 0.3 is 5.91 Å². The fourth-order valence-electron chi connectivity index (χ4n) is 2.50. The van der Waals surface area contributed by atoms with Crippen molar-refractivity contribution >= 4 is 33.8 Å². The second kappa shape index (κ2) is 5.99. The number of carbonyl (C=O) groups excluding carboxylic acids is 1. The maximum absolute atomic E-state index is 12.2. The number of aromatic amines is 2. The zero-order valence-electron chi connectivity index (χ0n) is 13.1. The van der Waals surface area contributed by atoms with Crippen LogP contribution in [0, 0.1) is 6.92 Å². The number of thiophene rings is 1. The fraction of sp³-hybridized carbons (Fsp3) is 0.0588. The molecule has 25 heavy (non-hydrogen) atoms. The van der Waals surface area contributed by atoms with E-state index >= 15 is 0 Å². The number of amides is 1. The largest absolute Gasteiger partial charge is 0.493 e. The van der Waals surface area contributed by atoms with Crippen molar-refractivity contribution in [1.82, 2.24) is 15.2 Å². The summed E-state index contributed by atoms with van der Waals surface area (Å²) in [7, 11) is 0. The van der Waals surface area contributed by atoms with Crippen LogP contribution in [0.2, 0.25) is 0 Å². The number of azo groups is 1. The van der Waals surface area contributed by atoms with Gasteiger partial charge in [-0.2, -0.15) is 5.10 Å². The highest BCUT2D eigenvalue weighted by Crippen LogP contribution is 2.35. The molecular weight excluding hydrogens is 338 g/mol. The van der Waals surface area contributed by atoms with E-state index < -0.39 is 5.91 Å². The van der Waals surface area contributed by atoms with Gasteiger partial charge in [-0.05, 0) is 31.2 Å². The second-order valence-corrected chi connectivity index (χ2v) is 6.74. The van der Waals surface area contributed by atoms with Gasteiger partial charge in [0, 0.05) is 10.3 Å². The molecule has 0 unspecified atom stereocenters. The molecule has 3 heterocycles. The summed E-state index contributed by atoms with van der Waals surface area (Å²) in [5, 5.41) is 25.0. The van der Waals surface area contributed by atoms with Crippen molar-refractivity contribution in [3.8, 4) is 16.5 Å². The first-order valence-electron chi connectivity index (χ1n) is 7.50. The van der Waals surface area contributed by atoms with E-state index in [-0.39, 0.29) is 17.3 Å². The van der Waals surface area contributed by atoms with Crippen LogP contribution < -0.4 is 0 Å². The molecule has 1 aromatic carbocycles. The predicted molar refractivity (Wildman–Crippen MR) is 95.4 cm³/mol. The Labute approximate surface area is 146 Å². The second-order valence-electron chi connectivity index (χ2n) is 5.45. The molecule has 7 nitrogen and oxygen atoms in total. The number of carbonyl (C=O) groups is 1. The number of benzene rings is 1. The summed E-state index contributed by atoms with van der Waals surface area (Å²) in [6, 6.07) is 12.9. The average Bonchev–Trinajstić information content (AvgIpc) is 3.30. The van der Waals surface area contributed by atoms with Gasteiger partial charge in [-0.25, -0.2) is 0 Å². The zero-order chi connectivity index (χ0) is 17.4. The van der Waals surface area contributed by atoms with Crippen LogP contribution >= 0.6 is 11.3 Å². The summed E-state index contributed by atoms with van der Waals surface area (Å²) in [5.74, 6) is -0.713. The molecule has 0 saturated heterocycles. The standard InChI is InChI=1S/C17H13N5O2S/c1-9-6-7-14(25-9)12-8-13(20-19-12)16(23)22-21-15-10-4-2-3-5-11(10)18-17(15)24/h2-8,18,24H,1H3,(H,19,20). The number of hydrogen-bond donors (Lipinski definition) is 3. The lowest BCUT2D eigenvalue weighted by atomic mass is 10.2. The molecule has 0 aliphatic heterocycles. The van der Waals surface area contributed by atoms with Crippen LogP contribution in [-0.4, -0.2) is 26.2 Å². The van der Waals surface area contributed by atoms with Crippen LogP contribution in [0.25, 0.3) is 21.5 Å². The summed E-state index contributed by atoms with van der Waals surface area (Å²) in [4.78, 5) is 17.2. The summed E-state index contributed by atoms with van der Waals surface area (Å²) in [6.45, 7) is 2.01. The fourth-order valence-corrected chi connectivity index (χ4v) is 3.33. The Morgan fingerprint density at radius 3 is 2.88 bits per heavy atom. The van der Waals surface area contributed by atoms with E-state index in [1.807, 2.05) is 31.2 Å². The van der Waals surface area contributed by atoms with Gasteiger partial charge in [0.05, 0.1) is 16.1 Å². The molecule has 0 fully saturated rings. The summed E-state index contributed by atoms with van der Waals surface area (Å²) in [5.41, 5.74) is 1.88. The van der Waals surface area contributed by atoms with E-state index in [9.17, 15) is 9.90 Å². The Morgan fingerprint density at radius 1 is 1.24 bits per heavy atom. The van der Waals surface area contributed by atoms with E-state index in [0.717, 1.165) is 16.1 Å². The molecule has 3 aromatic heterocycles. The van der Waals surface area contributed by atoms with Gasteiger partial charge in [-0.15, -0.1) is 21.6 Å². The number of aromatic hydroxyl groups is 1. The summed E-state index contributed by atoms with van der Waals surface area (Å²) < 4.78 is 0. The van der Waals surface area contributed by atoms with Crippen molar-refractivity contribution in [2.75, 3.05) is 0 Å². The quantitative estimate of drug-likeness (QED) is 0.471. The number of aromatic nitrogens is 3. The van der Waals surface area contributed by atoms with Crippen LogP contribution in [0.3, 0.4) is 0 Å². The smallest absolute Gasteiger partial charge is 0.315 e. The first kappa shape index (κ1) is 15.3. The molecule has 0 aliphatic rings. The number of hydrogen-bond acceptors (Lipinski definition) is 5. The van der Waals surface area contributed by atoms with Crippen molar-refractivity contribution in [2.24, 2.45) is 10.2 Å². The van der Waals surface area contributed by atoms with Gasteiger partial charge in [0.1, 0.15) is 0 Å². The lowest BCUT2D eigenvalue weighted by Gasteiger charge is -1.90. The van der Waals surface area contributed by atoms with Crippen molar-refractivity contribution in [2.45, 2.75) is 6.92 Å². The molecule has 0 saturated carbocycles. The minimum absolute atomic E-state index is 0.130. The Bertz CT molecular complexity index is 1110. The topological polar surface area (TPSA) is 106 Å². The van der Waals surface area contributed by atoms with Gasteiger partial charge in [0.15, 0.2) is 11.4 Å². The van der Waals surface area contributed by atoms with Crippen LogP contribution in [0.5, 0.6) is 5.88 Å². The number of fused-ring (bicyclic) bond motifs is 1. The van der Waals surface area contributed by atoms with Gasteiger partial charge in [0.2, 0.25) is 5.88 Å². The van der Waals surface area contributed by atoms with Gasteiger partial charge < -0.3 is 10.1 Å². The molecule has 4 aromatic rings. The van der Waals surface area contributed by atoms with Gasteiger partial charge in [-0.3, -0.25) is 9.89 Å². The van der Waals surface area contributed by atoms with Crippen molar-refractivity contribution in [1.29, 1.82) is 0 Å². The Morgan fingerprint density at radius 2 is 2.08 bits per heavy atom. The lowest BCUT2D eigenvalue weighted by Crippen LogP contribution is -1.93. The lowest BCUT2D eigenvalue weighted by molar-refractivity contribution is 0.0990. The Kier molecular flexibility index (Phi) is 3.66. The van der Waals surface area contributed by atoms with E-state index in [4.69, 9.17) is 0 Å². The highest BCUT2D eigenvalue weighted by Gasteiger charge is 2.14. The Hall–Kier alpha value is -3.26. The highest BCUT2D eigenvalue weighted by molar-refractivity contribution is 7.15. The number of nitrogens with one attached hydrogen (secondary N) is 2. The summed E-state index contributed by atoms with van der Waals surface area (Å²) in [6.07, 6.45) is 0. The average molecular weight is 351 g/mol. The van der Waals surface area contributed by atoms with E-state index in [1.54, 1.807) is 29.5 Å². The van der Waals surface area contributed by atoms with Gasteiger partial charge in [-0.1, -0.05) is 18.2 Å². The zero-order valence-corrected chi connectivity index (χ0v) is 14.0. The number of aryl methyl sites for hydroxylation is 1.